The Balaban J connectivity index is 0.000000294. The van der Waals surface area contributed by atoms with Gasteiger partial charge in [0, 0.05) is 0 Å². The molecule has 0 fully saturated rings. The van der Waals surface area contributed by atoms with Crippen LogP contribution in [-0.2, 0) is 0 Å². The van der Waals surface area contributed by atoms with Crippen molar-refractivity contribution in [3.8, 4) is 0 Å². The van der Waals surface area contributed by atoms with Gasteiger partial charge in [-0.2, -0.15) is 0 Å². The molecule has 108 valence electrons. The van der Waals surface area contributed by atoms with Gasteiger partial charge in [-0.1, -0.05) is 90.6 Å². The van der Waals surface area contributed by atoms with Crippen LogP contribution in [0.5, 0.6) is 0 Å². The van der Waals surface area contributed by atoms with Crippen molar-refractivity contribution in [1.29, 1.82) is 0 Å². The average molecular weight is 306 g/mol. The van der Waals surface area contributed by atoms with E-state index in [0.717, 1.165) is 0 Å². The third-order valence-corrected chi connectivity index (χ3v) is 1.99. The molecule has 0 saturated carbocycles. The second-order valence-corrected chi connectivity index (χ2v) is 3.64. The van der Waals surface area contributed by atoms with Gasteiger partial charge in [-0.15, -0.1) is 0 Å². The summed E-state index contributed by atoms with van der Waals surface area (Å²) in [6.07, 6.45) is 4.80. The van der Waals surface area contributed by atoms with Crippen LogP contribution in [0.3, 0.4) is 0 Å². The first kappa shape index (κ1) is 19.4. The minimum Gasteiger partial charge on any atom is -0.482 e. The molecule has 6 nitrogen and oxygen atoms in total. The first-order valence-electron chi connectivity index (χ1n) is 6.06. The molecule has 3 aromatic rings. The molecule has 3 aromatic heterocycles. The summed E-state index contributed by atoms with van der Waals surface area (Å²) in [6, 6.07) is 15.6. The Morgan fingerprint density at radius 3 is 0.864 bits per heavy atom. The molecule has 0 aromatic carbocycles. The maximum Gasteiger partial charge on any atom is 3.00 e. The molecule has 0 aliphatic heterocycles. The molecule has 7 heteroatoms. The fourth-order valence-corrected chi connectivity index (χ4v) is 1.09. The van der Waals surface area contributed by atoms with Crippen LogP contribution in [0.15, 0.2) is 73.2 Å². The second kappa shape index (κ2) is 12.1. The molecule has 3 rings (SSSR count). The first-order valence-corrected chi connectivity index (χ1v) is 6.06. The maximum atomic E-state index is 6.88. The number of pyridine rings is 3. The van der Waals surface area contributed by atoms with Gasteiger partial charge in [-0.25, -0.2) is 0 Å². The van der Waals surface area contributed by atoms with E-state index in [1.54, 1.807) is 73.2 Å². The van der Waals surface area contributed by atoms with E-state index in [1.807, 2.05) is 0 Å². The molecule has 0 saturated heterocycles. The van der Waals surface area contributed by atoms with Crippen molar-refractivity contribution in [2.24, 2.45) is 0 Å². The zero-order valence-corrected chi connectivity index (χ0v) is 13.0. The number of hydrogen-bond acceptors (Lipinski definition) is 3. The zero-order chi connectivity index (χ0) is 15.3. The maximum absolute atomic E-state index is 6.88. The molecule has 0 unspecified atom stereocenters. The van der Waals surface area contributed by atoms with Crippen molar-refractivity contribution >= 4 is 34.8 Å². The summed E-state index contributed by atoms with van der Waals surface area (Å²) < 4.78 is 0. The molecule has 0 aliphatic rings. The van der Waals surface area contributed by atoms with Crippen LogP contribution < -0.4 is 0 Å². The molecular formula is C15H15AlN6. The number of nitrogens with zero attached hydrogens (tertiary/aromatic N) is 3. The molecule has 3 heterocycles. The SMILES string of the molecule is [Al+3].[NH-]c1ccccn1.[NH-]c1ccccn1.[NH-]c1ccccn1. The summed E-state index contributed by atoms with van der Waals surface area (Å²) in [5.74, 6) is 0.965. The Morgan fingerprint density at radius 1 is 0.500 bits per heavy atom. The van der Waals surface area contributed by atoms with Crippen LogP contribution in [0, 0.1) is 0 Å². The van der Waals surface area contributed by atoms with Crippen LogP contribution in [0.2, 0.25) is 0 Å². The third kappa shape index (κ3) is 10.2. The monoisotopic (exact) mass is 306 g/mol. The van der Waals surface area contributed by atoms with E-state index in [-0.39, 0.29) is 17.4 Å². The van der Waals surface area contributed by atoms with Crippen molar-refractivity contribution in [2.75, 3.05) is 0 Å². The topological polar surface area (TPSA) is 110 Å². The first-order chi connectivity index (χ1) is 10.2. The Labute approximate surface area is 140 Å². The van der Waals surface area contributed by atoms with Crippen LogP contribution in [0.1, 0.15) is 0 Å². The van der Waals surface area contributed by atoms with E-state index in [4.69, 9.17) is 17.2 Å². The van der Waals surface area contributed by atoms with E-state index in [0.29, 0.717) is 17.5 Å². The van der Waals surface area contributed by atoms with Crippen molar-refractivity contribution < 1.29 is 0 Å². The number of nitrogens with one attached hydrogen (secondary N) is 3. The van der Waals surface area contributed by atoms with Gasteiger partial charge in [0.1, 0.15) is 0 Å². The van der Waals surface area contributed by atoms with Crippen molar-refractivity contribution in [3.63, 3.8) is 0 Å². The van der Waals surface area contributed by atoms with Gasteiger partial charge in [0.2, 0.25) is 0 Å². The minimum atomic E-state index is 0. The fourth-order valence-electron chi connectivity index (χ4n) is 1.09. The Hall–Kier alpha value is -2.62. The third-order valence-electron chi connectivity index (χ3n) is 1.99. The average Bonchev–Trinajstić information content (AvgIpc) is 2.51. The predicted molar refractivity (Wildman–Crippen MR) is 90.4 cm³/mol. The van der Waals surface area contributed by atoms with Crippen LogP contribution >= 0.6 is 0 Å². The predicted octanol–water partition coefficient (Wildman–Crippen LogP) is 4.92. The Morgan fingerprint density at radius 2 is 0.773 bits per heavy atom. The summed E-state index contributed by atoms with van der Waals surface area (Å²) >= 11 is 0. The molecule has 0 atom stereocenters. The summed E-state index contributed by atoms with van der Waals surface area (Å²) in [6.45, 7) is 0. The minimum absolute atomic E-state index is 0. The van der Waals surface area contributed by atoms with Crippen LogP contribution in [0.4, 0.5) is 17.5 Å². The molecule has 0 bridgehead atoms. The quantitative estimate of drug-likeness (QED) is 0.550. The Kier molecular flexibility index (Phi) is 10.7. The van der Waals surface area contributed by atoms with Gasteiger partial charge in [-0.3, -0.25) is 0 Å². The zero-order valence-electron chi connectivity index (χ0n) is 11.8. The van der Waals surface area contributed by atoms with Gasteiger partial charge in [0.25, 0.3) is 0 Å². The summed E-state index contributed by atoms with van der Waals surface area (Å²) in [4.78, 5) is 10.9. The van der Waals surface area contributed by atoms with Gasteiger partial charge >= 0.3 is 17.4 Å². The van der Waals surface area contributed by atoms with Gasteiger partial charge in [0.05, 0.1) is 0 Å². The van der Waals surface area contributed by atoms with Crippen molar-refractivity contribution in [3.05, 3.63) is 90.4 Å². The molecule has 0 aliphatic carbocycles. The van der Waals surface area contributed by atoms with E-state index in [2.05, 4.69) is 15.0 Å². The van der Waals surface area contributed by atoms with Crippen LogP contribution in [0.25, 0.3) is 17.2 Å². The molecule has 0 radical (unpaired) electrons. The molecule has 22 heavy (non-hydrogen) atoms. The number of hydrogen-bond donors (Lipinski definition) is 0. The molecule has 0 spiro atoms. The number of rotatable bonds is 0. The standard InChI is InChI=1S/3C5H5N2.Al/c3*6-5-3-1-2-4-7-5;/h3*1-4H,(H-,6,7);/q3*-1;+3. The molecule has 0 amide bonds. The smallest absolute Gasteiger partial charge is 0.482 e. The summed E-state index contributed by atoms with van der Waals surface area (Å²) in [7, 11) is 0. The van der Waals surface area contributed by atoms with E-state index in [9.17, 15) is 0 Å². The Bertz CT molecular complexity index is 503. The van der Waals surface area contributed by atoms with Crippen LogP contribution in [-0.4, -0.2) is 32.3 Å². The normalized spacial score (nSPS) is 8.18. The molecular weight excluding hydrogens is 291 g/mol. The summed E-state index contributed by atoms with van der Waals surface area (Å²) in [5.41, 5.74) is 20.7. The summed E-state index contributed by atoms with van der Waals surface area (Å²) in [5, 5.41) is 0. The van der Waals surface area contributed by atoms with Crippen molar-refractivity contribution in [2.45, 2.75) is 0 Å². The second-order valence-electron chi connectivity index (χ2n) is 3.64. The van der Waals surface area contributed by atoms with Gasteiger partial charge in [-0.05, 0) is 0 Å². The van der Waals surface area contributed by atoms with E-state index in [1.165, 1.54) is 0 Å². The van der Waals surface area contributed by atoms with E-state index >= 15 is 0 Å². The van der Waals surface area contributed by atoms with E-state index < -0.39 is 0 Å². The van der Waals surface area contributed by atoms with Crippen molar-refractivity contribution in [1.82, 2.24) is 15.0 Å². The fraction of sp³-hybridized carbons (Fsp3) is 0. The van der Waals surface area contributed by atoms with Gasteiger partial charge < -0.3 is 32.2 Å². The molecule has 3 N–H and O–H groups in total. The largest absolute Gasteiger partial charge is 3.00 e. The van der Waals surface area contributed by atoms with Gasteiger partial charge in [0.15, 0.2) is 0 Å². The number of aromatic nitrogens is 3.